The number of β-lactam (4-membered cyclic amide) rings is 1. The molecule has 0 saturated carbocycles. The molecule has 2 heterocycles. The Balaban J connectivity index is 2.20. The maximum Gasteiger partial charge on any atom is 0.323 e. The maximum atomic E-state index is 12.6. The average molecular weight is 316 g/mol. The van der Waals surface area contributed by atoms with E-state index in [0.29, 0.717) is 0 Å². The summed E-state index contributed by atoms with van der Waals surface area (Å²) in [6.45, 7) is 2.50. The standard InChI is InChI=1S/C11H16N4O5S/c1-11(2,7-14-4-3-12-13-14)21(19,20)9-5-8(16)15(9)6-10(17)18/h3-4,9H,5-7H2,1-2H3,(H,17,18)/t9-/m1/s1. The molecule has 1 aromatic heterocycles. The van der Waals surface area contributed by atoms with Crippen LogP contribution in [0.25, 0.3) is 0 Å². The minimum Gasteiger partial charge on any atom is -0.480 e. The number of carboxylic acids is 1. The normalized spacial score (nSPS) is 19.4. The van der Waals surface area contributed by atoms with Crippen molar-refractivity contribution >= 4 is 21.7 Å². The SMILES string of the molecule is CC(C)(Cn1ccnn1)S(=O)(=O)[C@@H]1CC(=O)N1CC(=O)O. The van der Waals surface area contributed by atoms with E-state index in [1.165, 1.54) is 30.9 Å². The van der Waals surface area contributed by atoms with E-state index in [-0.39, 0.29) is 13.0 Å². The number of amides is 1. The number of sulfone groups is 1. The van der Waals surface area contributed by atoms with Gasteiger partial charge in [0, 0.05) is 6.20 Å². The largest absolute Gasteiger partial charge is 0.480 e. The summed E-state index contributed by atoms with van der Waals surface area (Å²) in [4.78, 5) is 23.0. The van der Waals surface area contributed by atoms with Crippen LogP contribution in [-0.2, 0) is 26.0 Å². The zero-order valence-electron chi connectivity index (χ0n) is 11.6. The second-order valence-electron chi connectivity index (χ2n) is 5.48. The molecule has 1 atom stereocenters. The van der Waals surface area contributed by atoms with E-state index < -0.39 is 38.4 Å². The number of aromatic nitrogens is 3. The van der Waals surface area contributed by atoms with Crippen LogP contribution in [0.2, 0.25) is 0 Å². The average Bonchev–Trinajstić information content (AvgIpc) is 2.84. The van der Waals surface area contributed by atoms with E-state index >= 15 is 0 Å². The number of hydrogen-bond donors (Lipinski definition) is 1. The lowest BCUT2D eigenvalue weighted by Gasteiger charge is -2.42. The van der Waals surface area contributed by atoms with Crippen molar-refractivity contribution in [1.82, 2.24) is 19.9 Å². The molecular weight excluding hydrogens is 300 g/mol. The van der Waals surface area contributed by atoms with E-state index in [9.17, 15) is 18.0 Å². The molecule has 1 aliphatic rings. The van der Waals surface area contributed by atoms with Crippen molar-refractivity contribution in [1.29, 1.82) is 0 Å². The molecule has 116 valence electrons. The van der Waals surface area contributed by atoms with E-state index in [4.69, 9.17) is 5.11 Å². The highest BCUT2D eigenvalue weighted by Crippen LogP contribution is 2.32. The Labute approximate surface area is 121 Å². The molecule has 1 aromatic rings. The molecule has 0 aromatic carbocycles. The van der Waals surface area contributed by atoms with Gasteiger partial charge < -0.3 is 10.0 Å². The highest BCUT2D eigenvalue weighted by molar-refractivity contribution is 7.93. The second-order valence-corrected chi connectivity index (χ2v) is 8.22. The molecule has 1 saturated heterocycles. The lowest BCUT2D eigenvalue weighted by molar-refractivity contribution is -0.151. The van der Waals surface area contributed by atoms with Gasteiger partial charge in [-0.1, -0.05) is 5.21 Å². The van der Waals surface area contributed by atoms with Crippen LogP contribution >= 0.6 is 0 Å². The number of likely N-dealkylation sites (tertiary alicyclic amines) is 1. The van der Waals surface area contributed by atoms with Crippen molar-refractivity contribution < 1.29 is 23.1 Å². The molecule has 1 fully saturated rings. The molecule has 21 heavy (non-hydrogen) atoms. The first kappa shape index (κ1) is 15.4. The fourth-order valence-electron chi connectivity index (χ4n) is 2.20. The number of carbonyl (C=O) groups excluding carboxylic acids is 1. The Morgan fingerprint density at radius 2 is 2.19 bits per heavy atom. The molecule has 10 heteroatoms. The smallest absolute Gasteiger partial charge is 0.323 e. The summed E-state index contributed by atoms with van der Waals surface area (Å²) in [6.07, 6.45) is 2.79. The summed E-state index contributed by atoms with van der Waals surface area (Å²) >= 11 is 0. The van der Waals surface area contributed by atoms with Crippen molar-refractivity contribution in [2.75, 3.05) is 6.54 Å². The van der Waals surface area contributed by atoms with Crippen LogP contribution in [0.15, 0.2) is 12.4 Å². The van der Waals surface area contributed by atoms with E-state index in [2.05, 4.69) is 10.3 Å². The Kier molecular flexibility index (Phi) is 3.74. The number of rotatable bonds is 6. The summed E-state index contributed by atoms with van der Waals surface area (Å²) < 4.78 is 25.5. The number of carbonyl (C=O) groups is 2. The third-order valence-electron chi connectivity index (χ3n) is 3.47. The minimum absolute atomic E-state index is 0.0704. The molecule has 0 bridgehead atoms. The fourth-order valence-corrected chi connectivity index (χ4v) is 4.14. The third-order valence-corrected chi connectivity index (χ3v) is 6.27. The molecule has 1 amide bonds. The Morgan fingerprint density at radius 1 is 1.52 bits per heavy atom. The molecule has 9 nitrogen and oxygen atoms in total. The zero-order chi connectivity index (χ0) is 15.8. The van der Waals surface area contributed by atoms with Gasteiger partial charge in [0.15, 0.2) is 9.84 Å². The summed E-state index contributed by atoms with van der Waals surface area (Å²) in [5.74, 6) is -1.71. The predicted molar refractivity (Wildman–Crippen MR) is 70.8 cm³/mol. The van der Waals surface area contributed by atoms with Gasteiger partial charge in [-0.25, -0.2) is 8.42 Å². The first-order valence-corrected chi connectivity index (χ1v) is 7.78. The fraction of sp³-hybridized carbons (Fsp3) is 0.636. The van der Waals surface area contributed by atoms with Gasteiger partial charge in [-0.05, 0) is 13.8 Å². The Bertz CT molecular complexity index is 652. The van der Waals surface area contributed by atoms with E-state index in [0.717, 1.165) is 4.90 Å². The summed E-state index contributed by atoms with van der Waals surface area (Å²) in [6, 6.07) is 0. The van der Waals surface area contributed by atoms with E-state index in [1.54, 1.807) is 0 Å². The van der Waals surface area contributed by atoms with Crippen LogP contribution in [0.3, 0.4) is 0 Å². The summed E-state index contributed by atoms with van der Waals surface area (Å²) in [5, 5.41) is 15.0. The Hall–Kier alpha value is -1.97. The van der Waals surface area contributed by atoms with Crippen LogP contribution in [0, 0.1) is 0 Å². The summed E-state index contributed by atoms with van der Waals surface area (Å²) in [5.41, 5.74) is 0. The Morgan fingerprint density at radius 3 is 2.67 bits per heavy atom. The van der Waals surface area contributed by atoms with Crippen molar-refractivity contribution in [2.24, 2.45) is 0 Å². The molecule has 1 aliphatic heterocycles. The third kappa shape index (κ3) is 2.75. The van der Waals surface area contributed by atoms with Crippen LogP contribution < -0.4 is 0 Å². The first-order valence-electron chi connectivity index (χ1n) is 6.24. The lowest BCUT2D eigenvalue weighted by atomic mass is 10.2. The van der Waals surface area contributed by atoms with Gasteiger partial charge in [0.05, 0.1) is 23.9 Å². The summed E-state index contributed by atoms with van der Waals surface area (Å²) in [7, 11) is -3.75. The van der Waals surface area contributed by atoms with Crippen LogP contribution in [0.1, 0.15) is 20.3 Å². The molecular formula is C11H16N4O5S. The first-order chi connectivity index (χ1) is 9.65. The number of nitrogens with zero attached hydrogens (tertiary/aromatic N) is 4. The van der Waals surface area contributed by atoms with Crippen molar-refractivity contribution in [3.63, 3.8) is 0 Å². The lowest BCUT2D eigenvalue weighted by Crippen LogP contribution is -2.61. The van der Waals surface area contributed by atoms with Crippen LogP contribution in [-0.4, -0.2) is 62.0 Å². The van der Waals surface area contributed by atoms with Gasteiger partial charge in [0.1, 0.15) is 11.9 Å². The van der Waals surface area contributed by atoms with Gasteiger partial charge in [-0.2, -0.15) is 0 Å². The van der Waals surface area contributed by atoms with Crippen LogP contribution in [0.4, 0.5) is 0 Å². The van der Waals surface area contributed by atoms with Crippen molar-refractivity contribution in [2.45, 2.75) is 36.9 Å². The maximum absolute atomic E-state index is 12.6. The molecule has 0 aliphatic carbocycles. The molecule has 0 radical (unpaired) electrons. The van der Waals surface area contributed by atoms with Gasteiger partial charge in [-0.15, -0.1) is 5.10 Å². The number of carboxylic acid groups (broad SMARTS) is 1. The topological polar surface area (TPSA) is 122 Å². The highest BCUT2D eigenvalue weighted by atomic mass is 32.2. The van der Waals surface area contributed by atoms with Gasteiger partial charge in [0.25, 0.3) is 0 Å². The minimum atomic E-state index is -3.75. The van der Waals surface area contributed by atoms with E-state index in [1.807, 2.05) is 0 Å². The molecule has 0 spiro atoms. The quantitative estimate of drug-likeness (QED) is 0.676. The van der Waals surface area contributed by atoms with Gasteiger partial charge >= 0.3 is 5.97 Å². The highest BCUT2D eigenvalue weighted by Gasteiger charge is 2.52. The molecule has 1 N–H and O–H groups in total. The van der Waals surface area contributed by atoms with Gasteiger partial charge in [-0.3, -0.25) is 14.3 Å². The zero-order valence-corrected chi connectivity index (χ0v) is 12.4. The number of aliphatic carboxylic acids is 1. The predicted octanol–water partition coefficient (Wildman–Crippen LogP) is -0.885. The number of hydrogen-bond acceptors (Lipinski definition) is 6. The van der Waals surface area contributed by atoms with Crippen LogP contribution in [0.5, 0.6) is 0 Å². The van der Waals surface area contributed by atoms with Gasteiger partial charge in [0.2, 0.25) is 5.91 Å². The molecule has 0 unspecified atom stereocenters. The monoisotopic (exact) mass is 316 g/mol. The van der Waals surface area contributed by atoms with Crippen molar-refractivity contribution in [3.8, 4) is 0 Å². The van der Waals surface area contributed by atoms with Crippen molar-refractivity contribution in [3.05, 3.63) is 12.4 Å². The second kappa shape index (κ2) is 5.10. The molecule has 2 rings (SSSR count).